The summed E-state index contributed by atoms with van der Waals surface area (Å²) < 4.78 is 11.5. The number of piperidine rings is 2. The molecule has 10 heteroatoms. The molecule has 1 atom stereocenters. The van der Waals surface area contributed by atoms with Crippen molar-refractivity contribution < 1.29 is 23.9 Å². The number of aryl methyl sites for hydroxylation is 1. The lowest BCUT2D eigenvalue weighted by Crippen LogP contribution is -2.63. The molecule has 4 heterocycles. The quantitative estimate of drug-likeness (QED) is 0.518. The zero-order chi connectivity index (χ0) is 20.6. The molecule has 4 rings (SSSR count). The minimum absolute atomic E-state index is 0.144. The molecule has 153 valence electrons. The number of rotatable bonds is 3. The first-order valence-corrected chi connectivity index (χ1v) is 10.2. The van der Waals surface area contributed by atoms with E-state index >= 15 is 0 Å². The Morgan fingerprint density at radius 2 is 1.90 bits per heavy atom. The van der Waals surface area contributed by atoms with Gasteiger partial charge in [0.05, 0.1) is 34.8 Å². The van der Waals surface area contributed by atoms with Crippen molar-refractivity contribution in [3.05, 3.63) is 23.5 Å². The highest BCUT2D eigenvalue weighted by Crippen LogP contribution is 2.33. The van der Waals surface area contributed by atoms with E-state index in [9.17, 15) is 14.4 Å². The number of imide groups is 1. The van der Waals surface area contributed by atoms with Crippen molar-refractivity contribution in [3.63, 3.8) is 0 Å². The van der Waals surface area contributed by atoms with E-state index in [-0.39, 0.29) is 24.4 Å². The van der Waals surface area contributed by atoms with Gasteiger partial charge in [-0.15, -0.1) is 0 Å². The van der Waals surface area contributed by atoms with Gasteiger partial charge in [-0.1, -0.05) is 0 Å². The van der Waals surface area contributed by atoms with Crippen molar-refractivity contribution in [3.8, 4) is 0 Å². The molecule has 1 aromatic heterocycles. The van der Waals surface area contributed by atoms with Crippen LogP contribution in [0.4, 0.5) is 5.69 Å². The molecule has 3 fully saturated rings. The monoisotopic (exact) mass is 415 g/mol. The highest BCUT2D eigenvalue weighted by atomic mass is 28.1. The zero-order valence-electron chi connectivity index (χ0n) is 16.2. The maximum absolute atomic E-state index is 12.6. The molecular weight excluding hydrogens is 392 g/mol. The number of carbonyl (C=O) groups is 3. The molecule has 0 bridgehead atoms. The van der Waals surface area contributed by atoms with E-state index in [1.54, 1.807) is 6.07 Å². The SMILES string of the molecule is Cc1nc(C(=O)N[C@]2([Si])CCC(=O)NC2=O)ccc1N1CCC2(CC1)OCCO2. The average molecular weight is 416 g/mol. The lowest BCUT2D eigenvalue weighted by atomic mass is 10.0. The minimum Gasteiger partial charge on any atom is -0.370 e. The molecule has 3 saturated heterocycles. The van der Waals surface area contributed by atoms with Crippen LogP contribution in [-0.4, -0.2) is 70.2 Å². The minimum atomic E-state index is -1.32. The van der Waals surface area contributed by atoms with Gasteiger partial charge in [0.1, 0.15) is 10.9 Å². The molecular formula is C19H23N4O5Si. The molecule has 1 spiro atoms. The van der Waals surface area contributed by atoms with Crippen molar-refractivity contribution in [2.45, 2.75) is 43.6 Å². The molecule has 3 amide bonds. The van der Waals surface area contributed by atoms with E-state index in [1.807, 2.05) is 13.0 Å². The number of ether oxygens (including phenoxy) is 2. The fourth-order valence-electron chi connectivity index (χ4n) is 3.98. The van der Waals surface area contributed by atoms with Gasteiger partial charge in [0.25, 0.3) is 5.91 Å². The largest absolute Gasteiger partial charge is 0.370 e. The topological polar surface area (TPSA) is 110 Å². The molecule has 0 saturated carbocycles. The summed E-state index contributed by atoms with van der Waals surface area (Å²) in [6, 6.07) is 3.52. The number of hydrogen-bond acceptors (Lipinski definition) is 7. The number of amides is 3. The summed E-state index contributed by atoms with van der Waals surface area (Å²) in [5.41, 5.74) is 1.90. The predicted octanol–water partition coefficient (Wildman–Crippen LogP) is -0.235. The number of pyridine rings is 1. The Labute approximate surface area is 171 Å². The van der Waals surface area contributed by atoms with Gasteiger partial charge in [0.2, 0.25) is 11.8 Å². The maximum Gasteiger partial charge on any atom is 0.270 e. The van der Waals surface area contributed by atoms with Crippen LogP contribution in [0.3, 0.4) is 0 Å². The van der Waals surface area contributed by atoms with Crippen LogP contribution in [0.5, 0.6) is 0 Å². The van der Waals surface area contributed by atoms with Crippen LogP contribution in [0.1, 0.15) is 41.9 Å². The van der Waals surface area contributed by atoms with Crippen molar-refractivity contribution >= 4 is 33.7 Å². The highest BCUT2D eigenvalue weighted by Gasteiger charge is 2.41. The summed E-state index contributed by atoms with van der Waals surface area (Å²) >= 11 is 0. The average Bonchev–Trinajstić information content (AvgIpc) is 3.14. The first-order valence-electron chi connectivity index (χ1n) is 9.73. The molecule has 3 aliphatic rings. The second-order valence-electron chi connectivity index (χ2n) is 7.63. The van der Waals surface area contributed by atoms with Crippen LogP contribution >= 0.6 is 0 Å². The Kier molecular flexibility index (Phi) is 5.17. The number of hydrogen-bond donors (Lipinski definition) is 2. The number of nitrogens with zero attached hydrogens (tertiary/aromatic N) is 2. The summed E-state index contributed by atoms with van der Waals surface area (Å²) in [5.74, 6) is -1.85. The van der Waals surface area contributed by atoms with Gasteiger partial charge < -0.3 is 19.7 Å². The van der Waals surface area contributed by atoms with E-state index in [0.29, 0.717) is 13.2 Å². The fourth-order valence-corrected chi connectivity index (χ4v) is 4.28. The molecule has 3 radical (unpaired) electrons. The Hall–Kier alpha value is -2.30. The third-order valence-corrected chi connectivity index (χ3v) is 6.27. The normalized spacial score (nSPS) is 26.5. The van der Waals surface area contributed by atoms with E-state index in [4.69, 9.17) is 9.47 Å². The summed E-state index contributed by atoms with van der Waals surface area (Å²) in [4.78, 5) is 42.7. The van der Waals surface area contributed by atoms with Gasteiger partial charge in [-0.25, -0.2) is 4.98 Å². The van der Waals surface area contributed by atoms with Crippen LogP contribution in [0.2, 0.25) is 0 Å². The third kappa shape index (κ3) is 3.92. The standard InChI is InChI=1S/C19H23N4O5Si/c1-12-14(23-8-6-18(7-9-23)27-10-11-28-18)3-2-13(20-12)16(25)22-19(29)5-4-15(24)21-17(19)26/h2-3H,4-11H2,1H3,(H,22,25)(H,21,24,26)/t19-/m0/s1. The van der Waals surface area contributed by atoms with E-state index in [0.717, 1.165) is 37.3 Å². The smallest absolute Gasteiger partial charge is 0.270 e. The second kappa shape index (κ2) is 7.51. The van der Waals surface area contributed by atoms with Crippen molar-refractivity contribution in [2.24, 2.45) is 0 Å². The number of anilines is 1. The Bertz CT molecular complexity index is 847. The molecule has 0 aliphatic carbocycles. The van der Waals surface area contributed by atoms with E-state index in [1.165, 1.54) is 0 Å². The van der Waals surface area contributed by atoms with Crippen LogP contribution < -0.4 is 15.5 Å². The lowest BCUT2D eigenvalue weighted by molar-refractivity contribution is -0.169. The Morgan fingerprint density at radius 3 is 2.52 bits per heavy atom. The van der Waals surface area contributed by atoms with Crippen molar-refractivity contribution in [2.75, 3.05) is 31.2 Å². The molecule has 0 aromatic carbocycles. The molecule has 2 N–H and O–H groups in total. The molecule has 1 aromatic rings. The van der Waals surface area contributed by atoms with E-state index in [2.05, 4.69) is 30.8 Å². The van der Waals surface area contributed by atoms with Crippen LogP contribution in [-0.2, 0) is 19.1 Å². The highest BCUT2D eigenvalue weighted by molar-refractivity contribution is 6.32. The summed E-state index contributed by atoms with van der Waals surface area (Å²) in [6.45, 7) is 4.71. The Morgan fingerprint density at radius 1 is 1.21 bits per heavy atom. The first-order chi connectivity index (χ1) is 13.8. The fraction of sp³-hybridized carbons (Fsp3) is 0.579. The number of nitrogens with one attached hydrogen (secondary N) is 2. The van der Waals surface area contributed by atoms with Crippen molar-refractivity contribution in [1.29, 1.82) is 0 Å². The predicted molar refractivity (Wildman–Crippen MR) is 103 cm³/mol. The van der Waals surface area contributed by atoms with Crippen LogP contribution in [0, 0.1) is 6.92 Å². The van der Waals surface area contributed by atoms with Gasteiger partial charge in [-0.2, -0.15) is 0 Å². The summed E-state index contributed by atoms with van der Waals surface area (Å²) in [6.07, 6.45) is 1.89. The Balaban J connectivity index is 1.42. The molecule has 9 nitrogen and oxygen atoms in total. The van der Waals surface area contributed by atoms with Gasteiger partial charge in [-0.05, 0) is 25.5 Å². The summed E-state index contributed by atoms with van der Waals surface area (Å²) in [7, 11) is 3.32. The van der Waals surface area contributed by atoms with Gasteiger partial charge in [0, 0.05) is 32.4 Å². The zero-order valence-corrected chi connectivity index (χ0v) is 17.2. The molecule has 3 aliphatic heterocycles. The van der Waals surface area contributed by atoms with Gasteiger partial charge in [-0.3, -0.25) is 19.7 Å². The first kappa shape index (κ1) is 20.0. The second-order valence-corrected chi connectivity index (χ2v) is 8.49. The van der Waals surface area contributed by atoms with Gasteiger partial charge >= 0.3 is 0 Å². The van der Waals surface area contributed by atoms with Gasteiger partial charge in [0.15, 0.2) is 5.79 Å². The molecule has 29 heavy (non-hydrogen) atoms. The molecule has 0 unspecified atom stereocenters. The lowest BCUT2D eigenvalue weighted by Gasteiger charge is -2.39. The van der Waals surface area contributed by atoms with Crippen molar-refractivity contribution in [1.82, 2.24) is 15.6 Å². The van der Waals surface area contributed by atoms with E-state index < -0.39 is 22.8 Å². The number of aromatic nitrogens is 1. The number of carbonyl (C=O) groups excluding carboxylic acids is 3. The maximum atomic E-state index is 12.6. The summed E-state index contributed by atoms with van der Waals surface area (Å²) in [5, 5.41) is 3.55. The third-order valence-electron chi connectivity index (χ3n) is 5.66. The van der Waals surface area contributed by atoms with Crippen LogP contribution in [0.25, 0.3) is 0 Å². The van der Waals surface area contributed by atoms with Crippen LogP contribution in [0.15, 0.2) is 12.1 Å².